The highest BCUT2D eigenvalue weighted by Gasteiger charge is 2.08. The van der Waals surface area contributed by atoms with Crippen LogP contribution in [0.4, 0.5) is 4.39 Å². The molecule has 3 heteroatoms. The molecule has 1 rings (SSSR count). The van der Waals surface area contributed by atoms with Crippen LogP contribution < -0.4 is 0 Å². The van der Waals surface area contributed by atoms with E-state index in [4.69, 9.17) is 0 Å². The number of rotatable bonds is 3. The minimum atomic E-state index is -0.267. The first kappa shape index (κ1) is 10.4. The zero-order valence-corrected chi connectivity index (χ0v) is 8.84. The van der Waals surface area contributed by atoms with E-state index in [9.17, 15) is 9.18 Å². The maximum atomic E-state index is 13.3. The van der Waals surface area contributed by atoms with Crippen LogP contribution in [-0.2, 0) is 11.2 Å². The van der Waals surface area contributed by atoms with E-state index < -0.39 is 0 Å². The van der Waals surface area contributed by atoms with Crippen molar-refractivity contribution >= 4 is 22.2 Å². The number of carbonyl (C=O) groups excluding carboxylic acids is 1. The molecule has 0 unspecified atom stereocenters. The molecular weight excluding hydrogens is 235 g/mol. The predicted octanol–water partition coefficient (Wildman–Crippen LogP) is 2.97. The van der Waals surface area contributed by atoms with Gasteiger partial charge in [-0.3, -0.25) is 0 Å². The van der Waals surface area contributed by atoms with Crippen molar-refractivity contribution in [1.29, 1.82) is 0 Å². The number of aldehydes is 1. The Morgan fingerprint density at radius 3 is 2.92 bits per heavy atom. The van der Waals surface area contributed by atoms with Crippen LogP contribution in [0.15, 0.2) is 22.7 Å². The van der Waals surface area contributed by atoms with Crippen molar-refractivity contribution in [3.05, 3.63) is 34.1 Å². The fourth-order valence-electron chi connectivity index (χ4n) is 1.10. The molecule has 1 aromatic carbocycles. The molecule has 0 spiro atoms. The molecule has 0 radical (unpaired) electrons. The van der Waals surface area contributed by atoms with Crippen LogP contribution in [0.25, 0.3) is 0 Å². The summed E-state index contributed by atoms with van der Waals surface area (Å²) >= 11 is 3.09. The molecule has 0 heterocycles. The van der Waals surface area contributed by atoms with Crippen molar-refractivity contribution in [2.75, 3.05) is 0 Å². The summed E-state index contributed by atoms with van der Waals surface area (Å²) in [6.45, 7) is 1.77. The van der Waals surface area contributed by atoms with Crippen LogP contribution in [0.1, 0.15) is 12.5 Å². The van der Waals surface area contributed by atoms with Gasteiger partial charge in [0.1, 0.15) is 12.1 Å². The largest absolute Gasteiger partial charge is 0.303 e. The maximum absolute atomic E-state index is 13.3. The highest BCUT2D eigenvalue weighted by atomic mass is 79.9. The predicted molar refractivity (Wildman–Crippen MR) is 53.0 cm³/mol. The van der Waals surface area contributed by atoms with E-state index in [0.29, 0.717) is 16.5 Å². The Balaban J connectivity index is 2.88. The van der Waals surface area contributed by atoms with E-state index >= 15 is 0 Å². The van der Waals surface area contributed by atoms with E-state index in [1.54, 1.807) is 25.1 Å². The fourth-order valence-corrected chi connectivity index (χ4v) is 1.51. The van der Waals surface area contributed by atoms with Crippen molar-refractivity contribution in [3.63, 3.8) is 0 Å². The smallest absolute Gasteiger partial charge is 0.140 e. The van der Waals surface area contributed by atoms with Crippen molar-refractivity contribution in [3.8, 4) is 0 Å². The lowest BCUT2D eigenvalue weighted by Gasteiger charge is -2.05. The van der Waals surface area contributed by atoms with Crippen molar-refractivity contribution < 1.29 is 9.18 Å². The van der Waals surface area contributed by atoms with E-state index in [-0.39, 0.29) is 11.7 Å². The second-order valence-electron chi connectivity index (χ2n) is 3.03. The molecule has 0 saturated heterocycles. The van der Waals surface area contributed by atoms with Gasteiger partial charge >= 0.3 is 0 Å². The molecule has 0 aliphatic heterocycles. The summed E-state index contributed by atoms with van der Waals surface area (Å²) in [5, 5.41) is 0. The molecular formula is C10H10BrFO. The van der Waals surface area contributed by atoms with Gasteiger partial charge in [-0.1, -0.05) is 19.1 Å². The molecule has 0 saturated carbocycles. The molecule has 0 aromatic heterocycles. The second-order valence-corrected chi connectivity index (χ2v) is 3.88. The van der Waals surface area contributed by atoms with Crippen LogP contribution in [0, 0.1) is 11.7 Å². The Labute approximate surface area is 85.1 Å². The molecule has 1 atom stereocenters. The lowest BCUT2D eigenvalue weighted by molar-refractivity contribution is -0.110. The van der Waals surface area contributed by atoms with Gasteiger partial charge in [-0.15, -0.1) is 0 Å². The minimum Gasteiger partial charge on any atom is -0.303 e. The molecule has 0 fully saturated rings. The van der Waals surface area contributed by atoms with E-state index in [0.717, 1.165) is 6.29 Å². The minimum absolute atomic E-state index is 0.135. The highest BCUT2D eigenvalue weighted by Crippen LogP contribution is 2.20. The number of hydrogen-bond donors (Lipinski definition) is 0. The van der Waals surface area contributed by atoms with Crippen LogP contribution >= 0.6 is 15.9 Å². The Kier molecular flexibility index (Phi) is 3.60. The Morgan fingerprint density at radius 1 is 1.62 bits per heavy atom. The normalized spacial score (nSPS) is 12.5. The first-order valence-electron chi connectivity index (χ1n) is 4.03. The SMILES string of the molecule is C[C@H](C=O)Cc1cccc(Br)c1F. The second kappa shape index (κ2) is 4.51. The number of carbonyl (C=O) groups is 1. The molecule has 0 aliphatic rings. The molecule has 1 aromatic rings. The highest BCUT2D eigenvalue weighted by molar-refractivity contribution is 9.10. The zero-order chi connectivity index (χ0) is 9.84. The van der Waals surface area contributed by atoms with Crippen LogP contribution in [0.5, 0.6) is 0 Å². The first-order valence-corrected chi connectivity index (χ1v) is 4.82. The lowest BCUT2D eigenvalue weighted by atomic mass is 10.0. The third-order valence-corrected chi connectivity index (χ3v) is 2.42. The molecule has 13 heavy (non-hydrogen) atoms. The maximum Gasteiger partial charge on any atom is 0.140 e. The fraction of sp³-hybridized carbons (Fsp3) is 0.300. The molecule has 0 bridgehead atoms. The van der Waals surface area contributed by atoms with E-state index in [2.05, 4.69) is 15.9 Å². The number of halogens is 2. The Morgan fingerprint density at radius 2 is 2.31 bits per heavy atom. The number of hydrogen-bond acceptors (Lipinski definition) is 1. The summed E-state index contributed by atoms with van der Waals surface area (Å²) in [6.07, 6.45) is 1.29. The summed E-state index contributed by atoms with van der Waals surface area (Å²) in [7, 11) is 0. The molecule has 0 aliphatic carbocycles. The average molecular weight is 245 g/mol. The Bertz CT molecular complexity index is 312. The summed E-state index contributed by atoms with van der Waals surface area (Å²) in [5.41, 5.74) is 0.578. The zero-order valence-electron chi connectivity index (χ0n) is 7.26. The Hall–Kier alpha value is -0.700. The van der Waals surface area contributed by atoms with Gasteiger partial charge in [0, 0.05) is 5.92 Å². The van der Waals surface area contributed by atoms with Crippen LogP contribution in [0.2, 0.25) is 0 Å². The van der Waals surface area contributed by atoms with E-state index in [1.807, 2.05) is 0 Å². The van der Waals surface area contributed by atoms with Crippen molar-refractivity contribution in [2.45, 2.75) is 13.3 Å². The molecule has 0 N–H and O–H groups in total. The van der Waals surface area contributed by atoms with Crippen LogP contribution in [0.3, 0.4) is 0 Å². The van der Waals surface area contributed by atoms with Gasteiger partial charge in [0.25, 0.3) is 0 Å². The third kappa shape index (κ3) is 2.62. The van der Waals surface area contributed by atoms with Gasteiger partial charge in [0.15, 0.2) is 0 Å². The van der Waals surface area contributed by atoms with Crippen molar-refractivity contribution in [1.82, 2.24) is 0 Å². The van der Waals surface area contributed by atoms with Gasteiger partial charge < -0.3 is 4.79 Å². The summed E-state index contributed by atoms with van der Waals surface area (Å²) in [5.74, 6) is -0.403. The van der Waals surface area contributed by atoms with Gasteiger partial charge in [-0.05, 0) is 34.0 Å². The topological polar surface area (TPSA) is 17.1 Å². The van der Waals surface area contributed by atoms with E-state index in [1.165, 1.54) is 0 Å². The quantitative estimate of drug-likeness (QED) is 0.748. The standard InChI is InChI=1S/C10H10BrFO/c1-7(6-13)5-8-3-2-4-9(11)10(8)12/h2-4,6-7H,5H2,1H3/t7-/m0/s1. The summed E-state index contributed by atoms with van der Waals surface area (Å²) < 4.78 is 13.8. The number of benzene rings is 1. The third-order valence-electron chi connectivity index (χ3n) is 1.81. The van der Waals surface area contributed by atoms with Gasteiger partial charge in [0.05, 0.1) is 4.47 Å². The summed E-state index contributed by atoms with van der Waals surface area (Å²) in [6, 6.07) is 5.10. The van der Waals surface area contributed by atoms with Gasteiger partial charge in [-0.2, -0.15) is 0 Å². The molecule has 0 amide bonds. The average Bonchev–Trinajstić information content (AvgIpc) is 2.13. The van der Waals surface area contributed by atoms with Gasteiger partial charge in [-0.25, -0.2) is 4.39 Å². The first-order chi connectivity index (χ1) is 6.15. The molecule has 70 valence electrons. The van der Waals surface area contributed by atoms with Crippen molar-refractivity contribution in [2.24, 2.45) is 5.92 Å². The summed E-state index contributed by atoms with van der Waals surface area (Å²) in [4.78, 5) is 10.4. The monoisotopic (exact) mass is 244 g/mol. The molecule has 1 nitrogen and oxygen atoms in total. The lowest BCUT2D eigenvalue weighted by Crippen LogP contribution is -2.02. The van der Waals surface area contributed by atoms with Crippen LogP contribution in [-0.4, -0.2) is 6.29 Å². The van der Waals surface area contributed by atoms with Gasteiger partial charge in [0.2, 0.25) is 0 Å².